The van der Waals surface area contributed by atoms with Crippen LogP contribution in [0, 0.1) is 9.62 Å². The number of nitrogen functional groups attached to an aromatic ring is 1. The Bertz CT molecular complexity index is 512. The maximum Gasteiger partial charge on any atom is 0.164 e. The van der Waals surface area contributed by atoms with E-state index >= 15 is 0 Å². The van der Waals surface area contributed by atoms with E-state index in [1.807, 2.05) is 6.92 Å². The fourth-order valence-electron chi connectivity index (χ4n) is 1.47. The lowest BCUT2D eigenvalue weighted by Gasteiger charge is -2.07. The Morgan fingerprint density at radius 1 is 1.56 bits per heavy atom. The van der Waals surface area contributed by atoms with E-state index in [1.54, 1.807) is 4.68 Å². The SMILES string of the molecule is C[C@H](CO)Cn1nc(I)c2c(N)ncnc21. The molecule has 2 rings (SSSR count). The average Bonchev–Trinajstić information content (AvgIpc) is 2.57. The number of hydrogen-bond acceptors (Lipinski definition) is 5. The van der Waals surface area contributed by atoms with E-state index in [0.717, 1.165) is 14.7 Å². The van der Waals surface area contributed by atoms with Gasteiger partial charge in [0.05, 0.1) is 5.39 Å². The molecule has 0 aliphatic heterocycles. The van der Waals surface area contributed by atoms with Gasteiger partial charge < -0.3 is 10.8 Å². The summed E-state index contributed by atoms with van der Waals surface area (Å²) in [6.07, 6.45) is 1.43. The molecule has 0 aliphatic carbocycles. The third-order valence-electron chi connectivity index (χ3n) is 2.31. The summed E-state index contributed by atoms with van der Waals surface area (Å²) in [6, 6.07) is 0. The predicted octanol–water partition coefficient (Wildman–Crippen LogP) is 0.641. The number of nitrogens with two attached hydrogens (primary N) is 1. The van der Waals surface area contributed by atoms with Crippen molar-refractivity contribution in [2.45, 2.75) is 13.5 Å². The summed E-state index contributed by atoms with van der Waals surface area (Å²) in [5.74, 6) is 0.576. The normalized spacial score (nSPS) is 13.2. The van der Waals surface area contributed by atoms with Crippen LogP contribution in [0.3, 0.4) is 0 Å². The van der Waals surface area contributed by atoms with Crippen LogP contribution in [0.2, 0.25) is 0 Å². The van der Waals surface area contributed by atoms with E-state index in [1.165, 1.54) is 6.33 Å². The smallest absolute Gasteiger partial charge is 0.164 e. The second kappa shape index (κ2) is 4.50. The van der Waals surface area contributed by atoms with Crippen molar-refractivity contribution in [1.29, 1.82) is 0 Å². The van der Waals surface area contributed by atoms with E-state index in [2.05, 4.69) is 37.7 Å². The van der Waals surface area contributed by atoms with Crippen LogP contribution in [0.1, 0.15) is 6.92 Å². The van der Waals surface area contributed by atoms with Crippen LogP contribution in [0.5, 0.6) is 0 Å². The van der Waals surface area contributed by atoms with Crippen LogP contribution in [0.4, 0.5) is 5.82 Å². The third kappa shape index (κ3) is 1.96. The highest BCUT2D eigenvalue weighted by atomic mass is 127. The van der Waals surface area contributed by atoms with Crippen molar-refractivity contribution in [3.8, 4) is 0 Å². The molecular formula is C9H12IN5O. The quantitative estimate of drug-likeness (QED) is 0.805. The van der Waals surface area contributed by atoms with Crippen molar-refractivity contribution in [2.75, 3.05) is 12.3 Å². The molecule has 0 aromatic carbocycles. The minimum Gasteiger partial charge on any atom is -0.396 e. The largest absolute Gasteiger partial charge is 0.396 e. The summed E-state index contributed by atoms with van der Waals surface area (Å²) in [5.41, 5.74) is 6.49. The van der Waals surface area contributed by atoms with Gasteiger partial charge in [0.15, 0.2) is 5.65 Å². The second-order valence-electron chi connectivity index (χ2n) is 3.72. The summed E-state index contributed by atoms with van der Waals surface area (Å²) >= 11 is 2.11. The Hall–Kier alpha value is -0.960. The van der Waals surface area contributed by atoms with E-state index < -0.39 is 0 Å². The van der Waals surface area contributed by atoms with E-state index in [4.69, 9.17) is 10.8 Å². The molecule has 86 valence electrons. The molecule has 0 saturated carbocycles. The Kier molecular flexibility index (Phi) is 3.24. The molecule has 0 radical (unpaired) electrons. The van der Waals surface area contributed by atoms with Crippen LogP contribution < -0.4 is 5.73 Å². The summed E-state index contributed by atoms with van der Waals surface area (Å²) in [5, 5.41) is 14.2. The molecule has 7 heteroatoms. The molecule has 0 amide bonds. The zero-order chi connectivity index (χ0) is 11.7. The molecule has 0 saturated heterocycles. The lowest BCUT2D eigenvalue weighted by Crippen LogP contribution is -2.12. The maximum absolute atomic E-state index is 9.03. The number of aliphatic hydroxyl groups is 1. The van der Waals surface area contributed by atoms with Gasteiger partial charge in [-0.25, -0.2) is 14.6 Å². The first-order valence-electron chi connectivity index (χ1n) is 4.86. The van der Waals surface area contributed by atoms with Crippen LogP contribution in [0.25, 0.3) is 11.0 Å². The van der Waals surface area contributed by atoms with Gasteiger partial charge in [-0.1, -0.05) is 6.92 Å². The number of nitrogens with zero attached hydrogens (tertiary/aromatic N) is 4. The van der Waals surface area contributed by atoms with Gasteiger partial charge in [-0.05, 0) is 28.5 Å². The maximum atomic E-state index is 9.03. The highest BCUT2D eigenvalue weighted by Crippen LogP contribution is 2.22. The fourth-order valence-corrected chi connectivity index (χ4v) is 2.24. The molecule has 1 atom stereocenters. The van der Waals surface area contributed by atoms with Crippen LogP contribution >= 0.6 is 22.6 Å². The minimum absolute atomic E-state index is 0.124. The highest BCUT2D eigenvalue weighted by molar-refractivity contribution is 14.1. The predicted molar refractivity (Wildman–Crippen MR) is 68.7 cm³/mol. The molecular weight excluding hydrogens is 321 g/mol. The molecule has 6 nitrogen and oxygen atoms in total. The van der Waals surface area contributed by atoms with Crippen molar-refractivity contribution >= 4 is 39.4 Å². The van der Waals surface area contributed by atoms with Gasteiger partial charge in [0, 0.05) is 13.2 Å². The number of aromatic nitrogens is 4. The number of rotatable bonds is 3. The summed E-state index contributed by atoms with van der Waals surface area (Å²) in [4.78, 5) is 8.11. The number of halogens is 1. The fraction of sp³-hybridized carbons (Fsp3) is 0.444. The third-order valence-corrected chi connectivity index (χ3v) is 3.07. The molecule has 0 fully saturated rings. The first-order chi connectivity index (χ1) is 7.63. The lowest BCUT2D eigenvalue weighted by molar-refractivity contribution is 0.220. The zero-order valence-corrected chi connectivity index (χ0v) is 10.9. The molecule has 0 spiro atoms. The molecule has 2 aromatic heterocycles. The molecule has 3 N–H and O–H groups in total. The van der Waals surface area contributed by atoms with E-state index in [-0.39, 0.29) is 12.5 Å². The first-order valence-corrected chi connectivity index (χ1v) is 5.94. The van der Waals surface area contributed by atoms with Gasteiger partial charge >= 0.3 is 0 Å². The molecule has 2 heterocycles. The number of fused-ring (bicyclic) bond motifs is 1. The molecule has 0 bridgehead atoms. The van der Waals surface area contributed by atoms with Gasteiger partial charge in [-0.3, -0.25) is 0 Å². The Morgan fingerprint density at radius 2 is 2.31 bits per heavy atom. The monoisotopic (exact) mass is 333 g/mol. The van der Waals surface area contributed by atoms with Crippen molar-refractivity contribution in [2.24, 2.45) is 5.92 Å². The van der Waals surface area contributed by atoms with E-state index in [0.29, 0.717) is 12.4 Å². The molecule has 0 unspecified atom stereocenters. The first kappa shape index (κ1) is 11.5. The van der Waals surface area contributed by atoms with Crippen molar-refractivity contribution in [3.05, 3.63) is 10.0 Å². The van der Waals surface area contributed by atoms with Crippen LogP contribution in [-0.2, 0) is 6.54 Å². The summed E-state index contributed by atoms with van der Waals surface area (Å²) in [6.45, 7) is 2.69. The Labute approximate surface area is 106 Å². The molecule has 0 aliphatic rings. The molecule has 16 heavy (non-hydrogen) atoms. The number of aliphatic hydroxyl groups excluding tert-OH is 1. The number of hydrogen-bond donors (Lipinski definition) is 2. The van der Waals surface area contributed by atoms with Crippen molar-refractivity contribution in [3.63, 3.8) is 0 Å². The van der Waals surface area contributed by atoms with Gasteiger partial charge in [0.25, 0.3) is 0 Å². The summed E-state index contributed by atoms with van der Waals surface area (Å²) < 4.78 is 2.55. The summed E-state index contributed by atoms with van der Waals surface area (Å²) in [7, 11) is 0. The van der Waals surface area contributed by atoms with Gasteiger partial charge in [-0.15, -0.1) is 0 Å². The van der Waals surface area contributed by atoms with Crippen LogP contribution in [0.15, 0.2) is 6.33 Å². The van der Waals surface area contributed by atoms with Crippen molar-refractivity contribution < 1.29 is 5.11 Å². The molecule has 2 aromatic rings. The average molecular weight is 333 g/mol. The number of anilines is 1. The van der Waals surface area contributed by atoms with Gasteiger partial charge in [0.1, 0.15) is 15.8 Å². The Morgan fingerprint density at radius 3 is 3.00 bits per heavy atom. The van der Waals surface area contributed by atoms with Gasteiger partial charge in [0.2, 0.25) is 0 Å². The minimum atomic E-state index is 0.124. The Balaban J connectivity index is 2.51. The zero-order valence-electron chi connectivity index (χ0n) is 8.76. The van der Waals surface area contributed by atoms with Crippen molar-refractivity contribution in [1.82, 2.24) is 19.7 Å². The topological polar surface area (TPSA) is 89.8 Å². The lowest BCUT2D eigenvalue weighted by atomic mass is 10.2. The van der Waals surface area contributed by atoms with E-state index in [9.17, 15) is 0 Å². The van der Waals surface area contributed by atoms with Crippen LogP contribution in [-0.4, -0.2) is 31.5 Å². The van der Waals surface area contributed by atoms with Gasteiger partial charge in [-0.2, -0.15) is 5.10 Å². The standard InChI is InChI=1S/C9H12IN5O/c1-5(3-16)2-15-9-6(7(10)14-15)8(11)12-4-13-9/h4-5,16H,2-3H2,1H3,(H2,11,12,13)/t5-/m0/s1. The highest BCUT2D eigenvalue weighted by Gasteiger charge is 2.14. The second-order valence-corrected chi connectivity index (χ2v) is 4.74.